The minimum Gasteiger partial charge on any atom is -0.457 e. The van der Waals surface area contributed by atoms with Crippen LogP contribution in [0, 0.1) is 0 Å². The summed E-state index contributed by atoms with van der Waals surface area (Å²) in [5.41, 5.74) is 1.11. The first-order chi connectivity index (χ1) is 17.9. The molecule has 0 aromatic heterocycles. The molecule has 0 aliphatic carbocycles. The number of morpholine rings is 1. The zero-order valence-corrected chi connectivity index (χ0v) is 20.7. The van der Waals surface area contributed by atoms with E-state index in [9.17, 15) is 18.0 Å². The SMILES string of the molecule is O=C(COC(=O)/C=C/c1ccc(S(=O)(=O)N2CCOCC2)cc1)Nc1cccc(Oc2ccccc2)c1. The predicted octanol–water partition coefficient (Wildman–Crippen LogP) is 3.69. The first kappa shape index (κ1) is 26.1. The van der Waals surface area contributed by atoms with Crippen molar-refractivity contribution in [2.75, 3.05) is 38.2 Å². The van der Waals surface area contributed by atoms with Crippen molar-refractivity contribution in [1.29, 1.82) is 0 Å². The Hall–Kier alpha value is -3.99. The third-order valence-corrected chi connectivity index (χ3v) is 7.25. The lowest BCUT2D eigenvalue weighted by molar-refractivity contribution is -0.142. The molecule has 1 saturated heterocycles. The van der Waals surface area contributed by atoms with Crippen molar-refractivity contribution in [3.63, 3.8) is 0 Å². The normalized spacial score (nSPS) is 14.3. The number of nitrogens with zero attached hydrogens (tertiary/aromatic N) is 1. The van der Waals surface area contributed by atoms with E-state index in [-0.39, 0.29) is 4.90 Å². The summed E-state index contributed by atoms with van der Waals surface area (Å²) < 4.78 is 42.7. The first-order valence-corrected chi connectivity index (χ1v) is 13.0. The molecule has 0 saturated carbocycles. The van der Waals surface area contributed by atoms with Gasteiger partial charge >= 0.3 is 5.97 Å². The van der Waals surface area contributed by atoms with Crippen LogP contribution >= 0.6 is 0 Å². The maximum absolute atomic E-state index is 12.7. The molecule has 1 heterocycles. The average molecular weight is 523 g/mol. The van der Waals surface area contributed by atoms with E-state index in [4.69, 9.17) is 14.2 Å². The molecular weight excluding hydrogens is 496 g/mol. The number of rotatable bonds is 9. The second-order valence-electron chi connectivity index (χ2n) is 8.02. The van der Waals surface area contributed by atoms with Crippen LogP contribution in [0.15, 0.2) is 89.8 Å². The molecule has 0 spiro atoms. The van der Waals surface area contributed by atoms with Crippen LogP contribution in [-0.2, 0) is 29.1 Å². The highest BCUT2D eigenvalue weighted by molar-refractivity contribution is 7.89. The maximum atomic E-state index is 12.7. The highest BCUT2D eigenvalue weighted by atomic mass is 32.2. The van der Waals surface area contributed by atoms with Gasteiger partial charge in [-0.15, -0.1) is 0 Å². The molecule has 1 amide bonds. The molecule has 1 fully saturated rings. The highest BCUT2D eigenvalue weighted by Gasteiger charge is 2.25. The van der Waals surface area contributed by atoms with E-state index in [1.165, 1.54) is 28.6 Å². The number of para-hydroxylation sites is 1. The minimum absolute atomic E-state index is 0.170. The van der Waals surface area contributed by atoms with Gasteiger partial charge in [0.2, 0.25) is 10.0 Å². The molecule has 10 heteroatoms. The molecule has 3 aromatic carbocycles. The Kier molecular flexibility index (Phi) is 8.68. The summed E-state index contributed by atoms with van der Waals surface area (Å²) in [5, 5.41) is 2.66. The van der Waals surface area contributed by atoms with E-state index in [1.807, 2.05) is 30.3 Å². The molecule has 4 rings (SSSR count). The highest BCUT2D eigenvalue weighted by Crippen LogP contribution is 2.24. The fraction of sp³-hybridized carbons (Fsp3) is 0.185. The fourth-order valence-corrected chi connectivity index (χ4v) is 4.90. The Labute approximate surface area is 215 Å². The molecular formula is C27H26N2O7S. The van der Waals surface area contributed by atoms with Crippen LogP contribution in [0.3, 0.4) is 0 Å². The Bertz CT molecular complexity index is 1350. The molecule has 0 radical (unpaired) electrons. The number of benzene rings is 3. The van der Waals surface area contributed by atoms with E-state index < -0.39 is 28.5 Å². The van der Waals surface area contributed by atoms with Gasteiger partial charge in [-0.1, -0.05) is 36.4 Å². The number of nitrogens with one attached hydrogen (secondary N) is 1. The number of amides is 1. The van der Waals surface area contributed by atoms with Gasteiger partial charge in [0.15, 0.2) is 6.61 Å². The van der Waals surface area contributed by atoms with Crippen LogP contribution in [0.4, 0.5) is 5.69 Å². The van der Waals surface area contributed by atoms with E-state index in [0.717, 1.165) is 0 Å². The van der Waals surface area contributed by atoms with Crippen LogP contribution < -0.4 is 10.1 Å². The lowest BCUT2D eigenvalue weighted by Gasteiger charge is -2.26. The summed E-state index contributed by atoms with van der Waals surface area (Å²) in [4.78, 5) is 24.4. The van der Waals surface area contributed by atoms with E-state index >= 15 is 0 Å². The largest absolute Gasteiger partial charge is 0.457 e. The number of sulfonamides is 1. The summed E-state index contributed by atoms with van der Waals surface area (Å²) in [7, 11) is -3.59. The number of ether oxygens (including phenoxy) is 3. The fourth-order valence-electron chi connectivity index (χ4n) is 3.50. The van der Waals surface area contributed by atoms with Gasteiger partial charge in [-0.25, -0.2) is 13.2 Å². The Morgan fingerprint density at radius 1 is 0.919 bits per heavy atom. The van der Waals surface area contributed by atoms with Crippen LogP contribution in [0.25, 0.3) is 6.08 Å². The van der Waals surface area contributed by atoms with Crippen molar-refractivity contribution in [3.05, 3.63) is 90.5 Å². The quantitative estimate of drug-likeness (QED) is 0.337. The third kappa shape index (κ3) is 7.50. The smallest absolute Gasteiger partial charge is 0.331 e. The van der Waals surface area contributed by atoms with Gasteiger partial charge in [-0.2, -0.15) is 4.31 Å². The number of esters is 1. The summed E-state index contributed by atoms with van der Waals surface area (Å²) in [6.07, 6.45) is 2.66. The van der Waals surface area contributed by atoms with E-state index in [0.29, 0.717) is 49.1 Å². The Balaban J connectivity index is 1.25. The van der Waals surface area contributed by atoms with Gasteiger partial charge in [0.1, 0.15) is 11.5 Å². The van der Waals surface area contributed by atoms with Gasteiger partial charge < -0.3 is 19.5 Å². The molecule has 192 valence electrons. The molecule has 0 unspecified atom stereocenters. The predicted molar refractivity (Wildman–Crippen MR) is 138 cm³/mol. The molecule has 3 aromatic rings. The van der Waals surface area contributed by atoms with E-state index in [2.05, 4.69) is 5.32 Å². The van der Waals surface area contributed by atoms with Crippen molar-refractivity contribution >= 4 is 33.7 Å². The lowest BCUT2D eigenvalue weighted by Crippen LogP contribution is -2.40. The van der Waals surface area contributed by atoms with Crippen LogP contribution in [0.1, 0.15) is 5.56 Å². The molecule has 1 aliphatic rings. The zero-order chi connectivity index (χ0) is 26.1. The van der Waals surface area contributed by atoms with Crippen LogP contribution in [-0.4, -0.2) is 57.5 Å². The second kappa shape index (κ2) is 12.3. The van der Waals surface area contributed by atoms with Crippen molar-refractivity contribution in [2.24, 2.45) is 0 Å². The summed E-state index contributed by atoms with van der Waals surface area (Å²) in [6.45, 7) is 0.904. The van der Waals surface area contributed by atoms with Crippen LogP contribution in [0.5, 0.6) is 11.5 Å². The molecule has 37 heavy (non-hydrogen) atoms. The van der Waals surface area contributed by atoms with Crippen LogP contribution in [0.2, 0.25) is 0 Å². The zero-order valence-electron chi connectivity index (χ0n) is 19.9. The van der Waals surface area contributed by atoms with Crippen molar-refractivity contribution in [2.45, 2.75) is 4.90 Å². The van der Waals surface area contributed by atoms with Crippen molar-refractivity contribution < 1.29 is 32.2 Å². The third-order valence-electron chi connectivity index (χ3n) is 5.34. The van der Waals surface area contributed by atoms with Crippen molar-refractivity contribution in [1.82, 2.24) is 4.31 Å². The summed E-state index contributed by atoms with van der Waals surface area (Å²) >= 11 is 0. The van der Waals surface area contributed by atoms with Gasteiger partial charge in [-0.3, -0.25) is 4.79 Å². The van der Waals surface area contributed by atoms with Gasteiger partial charge in [0.25, 0.3) is 5.91 Å². The van der Waals surface area contributed by atoms with Gasteiger partial charge in [-0.05, 0) is 48.0 Å². The number of anilines is 1. The first-order valence-electron chi connectivity index (χ1n) is 11.6. The number of hydrogen-bond donors (Lipinski definition) is 1. The maximum Gasteiger partial charge on any atom is 0.331 e. The summed E-state index contributed by atoms with van der Waals surface area (Å²) in [5.74, 6) is 0.00496. The minimum atomic E-state index is -3.59. The summed E-state index contributed by atoms with van der Waals surface area (Å²) in [6, 6.07) is 22.2. The Morgan fingerprint density at radius 3 is 2.35 bits per heavy atom. The molecule has 0 bridgehead atoms. The van der Waals surface area contributed by atoms with Gasteiger partial charge in [0.05, 0.1) is 18.1 Å². The van der Waals surface area contributed by atoms with Crippen molar-refractivity contribution in [3.8, 4) is 11.5 Å². The molecule has 0 atom stereocenters. The molecule has 9 nitrogen and oxygen atoms in total. The Morgan fingerprint density at radius 2 is 1.62 bits per heavy atom. The molecule has 1 aliphatic heterocycles. The monoisotopic (exact) mass is 522 g/mol. The van der Waals surface area contributed by atoms with E-state index in [1.54, 1.807) is 36.4 Å². The van der Waals surface area contributed by atoms with Gasteiger partial charge in [0, 0.05) is 30.9 Å². The number of hydrogen-bond acceptors (Lipinski definition) is 7. The standard InChI is InChI=1S/C27H26N2O7S/c30-26(28-22-5-4-8-24(19-22)36-23-6-2-1-3-7-23)20-35-27(31)14-11-21-9-12-25(13-10-21)37(32,33)29-15-17-34-18-16-29/h1-14,19H,15-18,20H2,(H,28,30)/b14-11+. The molecule has 1 N–H and O–H groups in total. The lowest BCUT2D eigenvalue weighted by atomic mass is 10.2. The topological polar surface area (TPSA) is 111 Å². The number of carbonyl (C=O) groups excluding carboxylic acids is 2. The second-order valence-corrected chi connectivity index (χ2v) is 9.96. The average Bonchev–Trinajstić information content (AvgIpc) is 2.92. The number of carbonyl (C=O) groups is 2.